The lowest BCUT2D eigenvalue weighted by Crippen LogP contribution is -2.34. The topological polar surface area (TPSA) is 77.7 Å². The third-order valence-electron chi connectivity index (χ3n) is 4.77. The van der Waals surface area contributed by atoms with E-state index < -0.39 is 0 Å². The number of carbonyl (C=O) groups excluding carboxylic acids is 1. The van der Waals surface area contributed by atoms with Crippen molar-refractivity contribution in [1.29, 1.82) is 0 Å². The number of aromatic nitrogens is 1. The molecular formula is C18H23Cl2N3O3S. The molecule has 0 bridgehead atoms. The van der Waals surface area contributed by atoms with Crippen LogP contribution in [0.5, 0.6) is 11.5 Å². The summed E-state index contributed by atoms with van der Waals surface area (Å²) in [5.41, 5.74) is 7.19. The lowest BCUT2D eigenvalue weighted by Gasteiger charge is -2.20. The molecule has 2 aliphatic rings. The highest BCUT2D eigenvalue weighted by atomic mass is 35.5. The van der Waals surface area contributed by atoms with E-state index in [0.717, 1.165) is 28.5 Å². The quantitative estimate of drug-likeness (QED) is 0.806. The molecule has 2 unspecified atom stereocenters. The molecule has 2 aromatic rings. The van der Waals surface area contributed by atoms with Gasteiger partial charge in [0.25, 0.3) is 5.91 Å². The van der Waals surface area contributed by atoms with Crippen LogP contribution in [0.25, 0.3) is 10.6 Å². The first-order chi connectivity index (χ1) is 12.2. The highest BCUT2D eigenvalue weighted by molar-refractivity contribution is 7.13. The first-order valence-corrected chi connectivity index (χ1v) is 9.40. The molecule has 27 heavy (non-hydrogen) atoms. The molecule has 2 atom stereocenters. The number of carbonyl (C=O) groups is 1. The van der Waals surface area contributed by atoms with Gasteiger partial charge in [-0.15, -0.1) is 36.2 Å². The van der Waals surface area contributed by atoms with E-state index in [1.165, 1.54) is 11.3 Å². The first kappa shape index (κ1) is 21.8. The molecule has 3 heterocycles. The van der Waals surface area contributed by atoms with Gasteiger partial charge >= 0.3 is 0 Å². The molecule has 1 saturated heterocycles. The Balaban J connectivity index is 0.00000131. The van der Waals surface area contributed by atoms with Gasteiger partial charge in [0.2, 0.25) is 0 Å². The van der Waals surface area contributed by atoms with Crippen LogP contribution in [-0.4, -0.2) is 48.1 Å². The summed E-state index contributed by atoms with van der Waals surface area (Å²) in [7, 11) is 0. The zero-order valence-corrected chi connectivity index (χ0v) is 17.4. The molecular weight excluding hydrogens is 409 g/mol. The second-order valence-corrected chi connectivity index (χ2v) is 7.40. The summed E-state index contributed by atoms with van der Waals surface area (Å²) < 4.78 is 11.2. The van der Waals surface area contributed by atoms with Crippen molar-refractivity contribution in [1.82, 2.24) is 9.88 Å². The van der Waals surface area contributed by atoms with Crippen molar-refractivity contribution in [2.24, 2.45) is 11.7 Å². The molecule has 6 nitrogen and oxygen atoms in total. The standard InChI is InChI=1S/C18H21N3O3S.2ClH/c1-11-6-12(8-19)9-21(11)18(22)14-10-25-17(20-14)13-2-3-15-16(7-13)24-5-4-23-15;;/h2-3,7,10-12H,4-6,8-9,19H2,1H3;2*1H. The van der Waals surface area contributed by atoms with Crippen LogP contribution in [0.15, 0.2) is 23.6 Å². The van der Waals surface area contributed by atoms with Gasteiger partial charge < -0.3 is 20.1 Å². The van der Waals surface area contributed by atoms with Gasteiger partial charge in [0.15, 0.2) is 11.5 Å². The molecule has 2 aliphatic heterocycles. The van der Waals surface area contributed by atoms with E-state index in [9.17, 15) is 4.79 Å². The van der Waals surface area contributed by atoms with Crippen LogP contribution in [0.3, 0.4) is 0 Å². The Morgan fingerprint density at radius 3 is 2.74 bits per heavy atom. The van der Waals surface area contributed by atoms with Gasteiger partial charge in [0, 0.05) is 23.5 Å². The van der Waals surface area contributed by atoms with Gasteiger partial charge in [0.1, 0.15) is 23.9 Å². The number of halogens is 2. The number of hydrogen-bond acceptors (Lipinski definition) is 6. The zero-order valence-electron chi connectivity index (χ0n) is 14.9. The molecule has 4 rings (SSSR count). The molecule has 2 N–H and O–H groups in total. The fraction of sp³-hybridized carbons (Fsp3) is 0.444. The number of likely N-dealkylation sites (tertiary alicyclic amines) is 1. The molecule has 0 saturated carbocycles. The van der Waals surface area contributed by atoms with Crippen LogP contribution in [-0.2, 0) is 0 Å². The summed E-state index contributed by atoms with van der Waals surface area (Å²) in [4.78, 5) is 19.2. The molecule has 9 heteroatoms. The lowest BCUT2D eigenvalue weighted by molar-refractivity contribution is 0.0738. The maximum atomic E-state index is 12.8. The van der Waals surface area contributed by atoms with Crippen molar-refractivity contribution in [2.45, 2.75) is 19.4 Å². The second-order valence-electron chi connectivity index (χ2n) is 6.54. The maximum Gasteiger partial charge on any atom is 0.273 e. The predicted molar refractivity (Wildman–Crippen MR) is 111 cm³/mol. The van der Waals surface area contributed by atoms with E-state index in [0.29, 0.717) is 37.9 Å². The van der Waals surface area contributed by atoms with Gasteiger partial charge in [-0.2, -0.15) is 0 Å². The highest BCUT2D eigenvalue weighted by Crippen LogP contribution is 2.35. The predicted octanol–water partition coefficient (Wildman–Crippen LogP) is 3.23. The summed E-state index contributed by atoms with van der Waals surface area (Å²) in [5.74, 6) is 1.85. The maximum absolute atomic E-state index is 12.8. The monoisotopic (exact) mass is 431 g/mol. The van der Waals surface area contributed by atoms with Crippen LogP contribution < -0.4 is 15.2 Å². The largest absolute Gasteiger partial charge is 0.486 e. The average molecular weight is 432 g/mol. The van der Waals surface area contributed by atoms with Crippen LogP contribution in [0, 0.1) is 5.92 Å². The van der Waals surface area contributed by atoms with Crippen LogP contribution in [0.1, 0.15) is 23.8 Å². The van der Waals surface area contributed by atoms with Crippen molar-refractivity contribution in [3.8, 4) is 22.1 Å². The lowest BCUT2D eigenvalue weighted by atomic mass is 10.1. The van der Waals surface area contributed by atoms with Gasteiger partial charge in [-0.1, -0.05) is 0 Å². The van der Waals surface area contributed by atoms with Crippen LogP contribution in [0.4, 0.5) is 0 Å². The Kier molecular flexibility index (Phi) is 7.33. The second kappa shape index (κ2) is 9.10. The first-order valence-electron chi connectivity index (χ1n) is 8.52. The number of thiazole rings is 1. The van der Waals surface area contributed by atoms with E-state index in [2.05, 4.69) is 11.9 Å². The molecule has 0 spiro atoms. The minimum atomic E-state index is -0.0107. The normalized spacial score (nSPS) is 20.6. The summed E-state index contributed by atoms with van der Waals surface area (Å²) in [6.07, 6.45) is 0.960. The number of benzene rings is 1. The Labute approximate surface area is 174 Å². The average Bonchev–Trinajstić information content (AvgIpc) is 3.27. The highest BCUT2D eigenvalue weighted by Gasteiger charge is 2.33. The Bertz CT molecular complexity index is 802. The van der Waals surface area contributed by atoms with Crippen molar-refractivity contribution >= 4 is 42.1 Å². The van der Waals surface area contributed by atoms with E-state index in [-0.39, 0.29) is 36.8 Å². The van der Waals surface area contributed by atoms with Gasteiger partial charge in [-0.05, 0) is 44.0 Å². The third kappa shape index (κ3) is 4.32. The van der Waals surface area contributed by atoms with E-state index >= 15 is 0 Å². The summed E-state index contributed by atoms with van der Waals surface area (Å²) in [6, 6.07) is 5.97. The molecule has 0 aliphatic carbocycles. The number of nitrogens with zero attached hydrogens (tertiary/aromatic N) is 2. The number of rotatable bonds is 3. The van der Waals surface area contributed by atoms with Gasteiger partial charge in [-0.25, -0.2) is 4.98 Å². The SMILES string of the molecule is CC1CC(CN)CN1C(=O)c1csc(-c2ccc3c(c2)OCCO3)n1.Cl.Cl. The van der Waals surface area contributed by atoms with E-state index in [1.54, 1.807) is 0 Å². The fourth-order valence-corrected chi connectivity index (χ4v) is 4.22. The molecule has 1 fully saturated rings. The Morgan fingerprint density at radius 2 is 2.04 bits per heavy atom. The minimum Gasteiger partial charge on any atom is -0.486 e. The molecule has 1 aromatic carbocycles. The van der Waals surface area contributed by atoms with Crippen molar-refractivity contribution in [3.05, 3.63) is 29.3 Å². The zero-order chi connectivity index (χ0) is 17.4. The van der Waals surface area contributed by atoms with Crippen molar-refractivity contribution < 1.29 is 14.3 Å². The number of fused-ring (bicyclic) bond motifs is 1. The summed E-state index contributed by atoms with van der Waals surface area (Å²) >= 11 is 1.47. The minimum absolute atomic E-state index is 0. The smallest absolute Gasteiger partial charge is 0.273 e. The van der Waals surface area contributed by atoms with Crippen molar-refractivity contribution in [2.75, 3.05) is 26.3 Å². The number of nitrogens with two attached hydrogens (primary N) is 1. The van der Waals surface area contributed by atoms with E-state index in [1.807, 2.05) is 28.5 Å². The van der Waals surface area contributed by atoms with Crippen LogP contribution in [0.2, 0.25) is 0 Å². The molecule has 148 valence electrons. The van der Waals surface area contributed by atoms with E-state index in [4.69, 9.17) is 15.2 Å². The Morgan fingerprint density at radius 1 is 1.30 bits per heavy atom. The third-order valence-corrected chi connectivity index (χ3v) is 5.66. The molecule has 1 aromatic heterocycles. The molecule has 0 radical (unpaired) electrons. The van der Waals surface area contributed by atoms with Crippen LogP contribution >= 0.6 is 36.2 Å². The number of hydrogen-bond donors (Lipinski definition) is 1. The van der Waals surface area contributed by atoms with Gasteiger partial charge in [0.05, 0.1) is 0 Å². The van der Waals surface area contributed by atoms with Crippen molar-refractivity contribution in [3.63, 3.8) is 0 Å². The Hall–Kier alpha value is -1.54. The molecule has 1 amide bonds. The number of ether oxygens (including phenoxy) is 2. The summed E-state index contributed by atoms with van der Waals surface area (Å²) in [6.45, 7) is 4.52. The van der Waals surface area contributed by atoms with Gasteiger partial charge in [-0.3, -0.25) is 4.79 Å². The number of amides is 1. The fourth-order valence-electron chi connectivity index (χ4n) is 3.42. The summed E-state index contributed by atoms with van der Waals surface area (Å²) in [5, 5.41) is 2.64.